The van der Waals surface area contributed by atoms with E-state index in [1.165, 1.54) is 19.2 Å². The Morgan fingerprint density at radius 1 is 1.43 bits per heavy atom. The highest BCUT2D eigenvalue weighted by Crippen LogP contribution is 2.34. The van der Waals surface area contributed by atoms with E-state index in [0.717, 1.165) is 11.1 Å². The summed E-state index contributed by atoms with van der Waals surface area (Å²) in [6.07, 6.45) is 3.96. The van der Waals surface area contributed by atoms with Crippen LogP contribution in [0.5, 0.6) is 0 Å². The van der Waals surface area contributed by atoms with E-state index in [-0.39, 0.29) is 24.3 Å². The molecule has 158 valence electrons. The predicted octanol–water partition coefficient (Wildman–Crippen LogP) is 2.96. The molecule has 3 rings (SSSR count). The Kier molecular flexibility index (Phi) is 7.02. The average molecular weight is 449 g/mol. The molecule has 9 heteroatoms. The van der Waals surface area contributed by atoms with Gasteiger partial charge in [-0.1, -0.05) is 36.0 Å². The number of methoxy groups -OCH3 is 1. The Labute approximate surface area is 184 Å². The molecule has 0 radical (unpaired) electrons. The van der Waals surface area contributed by atoms with Crippen molar-refractivity contribution in [2.75, 3.05) is 13.7 Å². The number of allylic oxidation sites excluding steroid dienone is 2. The van der Waals surface area contributed by atoms with Gasteiger partial charge in [0.25, 0.3) is 5.91 Å². The number of amides is 1. The van der Waals surface area contributed by atoms with Crippen LogP contribution in [0.25, 0.3) is 5.57 Å². The summed E-state index contributed by atoms with van der Waals surface area (Å²) in [6, 6.07) is 5.78. The van der Waals surface area contributed by atoms with Crippen LogP contribution in [0.3, 0.4) is 0 Å². The number of nitrogens with zero attached hydrogens (tertiary/aromatic N) is 2. The number of hydrogen-bond donors (Lipinski definition) is 2. The Balaban J connectivity index is 1.82. The number of nitrogens with one attached hydrogen (secondary N) is 1. The van der Waals surface area contributed by atoms with E-state index in [1.807, 2.05) is 0 Å². The van der Waals surface area contributed by atoms with Crippen molar-refractivity contribution in [2.24, 2.45) is 12.8 Å². The first-order valence-electron chi connectivity index (χ1n) is 9.29. The first-order chi connectivity index (χ1) is 14.3. The minimum absolute atomic E-state index is 0.228. The lowest BCUT2D eigenvalue weighted by atomic mass is 9.93. The highest BCUT2D eigenvalue weighted by atomic mass is 35.5. The van der Waals surface area contributed by atoms with Gasteiger partial charge < -0.3 is 15.8 Å². The van der Waals surface area contributed by atoms with Gasteiger partial charge in [0, 0.05) is 36.5 Å². The number of thiocarbonyl (C=S) groups is 1. The molecule has 0 saturated carbocycles. The van der Waals surface area contributed by atoms with Crippen molar-refractivity contribution in [3.05, 3.63) is 70.0 Å². The average Bonchev–Trinajstić information content (AvgIpc) is 3.06. The van der Waals surface area contributed by atoms with Gasteiger partial charge in [-0.3, -0.25) is 9.48 Å². The fraction of sp³-hybridized carbons (Fsp3) is 0.286. The molecular weight excluding hydrogens is 427 g/mol. The van der Waals surface area contributed by atoms with E-state index in [0.29, 0.717) is 39.8 Å². The van der Waals surface area contributed by atoms with Crippen molar-refractivity contribution in [1.29, 1.82) is 0 Å². The summed E-state index contributed by atoms with van der Waals surface area (Å²) < 4.78 is 20.3. The van der Waals surface area contributed by atoms with Crippen molar-refractivity contribution in [1.82, 2.24) is 15.1 Å². The van der Waals surface area contributed by atoms with Crippen molar-refractivity contribution < 1.29 is 13.9 Å². The molecule has 2 aromatic rings. The van der Waals surface area contributed by atoms with Gasteiger partial charge in [0.1, 0.15) is 11.6 Å². The number of halogens is 2. The minimum Gasteiger partial charge on any atom is -0.496 e. The Hall–Kier alpha value is -2.55. The fourth-order valence-electron chi connectivity index (χ4n) is 3.33. The molecule has 0 spiro atoms. The maximum Gasteiger partial charge on any atom is 0.252 e. The number of carbonyl (C=O) groups is 1. The third kappa shape index (κ3) is 4.77. The van der Waals surface area contributed by atoms with Gasteiger partial charge in [-0.25, -0.2) is 4.39 Å². The van der Waals surface area contributed by atoms with Gasteiger partial charge in [-0.15, -0.1) is 0 Å². The lowest BCUT2D eigenvalue weighted by molar-refractivity contribution is -0.117. The zero-order valence-electron chi connectivity index (χ0n) is 16.6. The summed E-state index contributed by atoms with van der Waals surface area (Å²) in [5.41, 5.74) is 8.52. The molecule has 1 heterocycles. The van der Waals surface area contributed by atoms with E-state index in [2.05, 4.69) is 10.4 Å². The number of rotatable bonds is 7. The highest BCUT2D eigenvalue weighted by Gasteiger charge is 2.28. The topological polar surface area (TPSA) is 82.2 Å². The van der Waals surface area contributed by atoms with Crippen molar-refractivity contribution in [3.63, 3.8) is 0 Å². The largest absolute Gasteiger partial charge is 0.496 e. The van der Waals surface area contributed by atoms with Crippen LogP contribution in [0.4, 0.5) is 4.39 Å². The van der Waals surface area contributed by atoms with Crippen LogP contribution in [0.1, 0.15) is 17.7 Å². The van der Waals surface area contributed by atoms with Gasteiger partial charge in [-0.2, -0.15) is 5.10 Å². The third-order valence-corrected chi connectivity index (χ3v) is 5.51. The molecule has 1 atom stereocenters. The highest BCUT2D eigenvalue weighted by molar-refractivity contribution is 7.81. The molecule has 30 heavy (non-hydrogen) atoms. The number of ether oxygens (including phenoxy) is 1. The number of carbonyl (C=O) groups excluding carboxylic acids is 1. The van der Waals surface area contributed by atoms with E-state index in [9.17, 15) is 9.18 Å². The van der Waals surface area contributed by atoms with Gasteiger partial charge >= 0.3 is 0 Å². The molecular formula is C21H22ClFN4O2S. The van der Waals surface area contributed by atoms with Gasteiger partial charge in [-0.05, 0) is 30.2 Å². The van der Waals surface area contributed by atoms with Crippen LogP contribution in [0.15, 0.2) is 47.9 Å². The molecule has 3 N–H and O–H groups in total. The van der Waals surface area contributed by atoms with Crippen LogP contribution in [0.2, 0.25) is 5.02 Å². The monoisotopic (exact) mass is 448 g/mol. The molecule has 1 aromatic carbocycles. The van der Waals surface area contributed by atoms with Gasteiger partial charge in [0.2, 0.25) is 0 Å². The Bertz CT molecular complexity index is 1010. The summed E-state index contributed by atoms with van der Waals surface area (Å²) in [5, 5.41) is 7.54. The molecule has 0 unspecified atom stereocenters. The standard InChI is InChI=1S/C21H22ClFN4O2S/c1-27-20(17(22)11-25-27)15-9-19(30)16(8-18(15)29-2)21(28)26-14(10-24)7-12-3-5-13(23)6-4-12/h3-6,8,11,14H,7,9-10,24H2,1-2H3,(H,26,28)/t14-/m0/s1. The van der Waals surface area contributed by atoms with E-state index < -0.39 is 0 Å². The number of benzene rings is 1. The molecule has 1 aliphatic rings. The Morgan fingerprint density at radius 2 is 2.13 bits per heavy atom. The quantitative estimate of drug-likeness (QED) is 0.636. The lowest BCUT2D eigenvalue weighted by Gasteiger charge is -2.23. The molecule has 0 saturated heterocycles. The van der Waals surface area contributed by atoms with Crippen molar-refractivity contribution in [2.45, 2.75) is 18.9 Å². The van der Waals surface area contributed by atoms with Crippen LogP contribution >= 0.6 is 23.8 Å². The van der Waals surface area contributed by atoms with E-state index in [4.69, 9.17) is 34.3 Å². The molecule has 0 fully saturated rings. The summed E-state index contributed by atoms with van der Waals surface area (Å²) in [5.74, 6) is -0.141. The number of aryl methyl sites for hydroxylation is 1. The zero-order chi connectivity index (χ0) is 21.8. The van der Waals surface area contributed by atoms with Crippen molar-refractivity contribution in [3.8, 4) is 0 Å². The Morgan fingerprint density at radius 3 is 2.70 bits per heavy atom. The number of aromatic nitrogens is 2. The maximum absolute atomic E-state index is 13.1. The predicted molar refractivity (Wildman–Crippen MR) is 119 cm³/mol. The fourth-order valence-corrected chi connectivity index (χ4v) is 3.90. The first-order valence-corrected chi connectivity index (χ1v) is 10.1. The van der Waals surface area contributed by atoms with Gasteiger partial charge in [0.05, 0.1) is 29.6 Å². The molecule has 0 aliphatic heterocycles. The van der Waals surface area contributed by atoms with Crippen LogP contribution in [-0.4, -0.2) is 40.2 Å². The van der Waals surface area contributed by atoms with Crippen LogP contribution in [-0.2, 0) is 23.0 Å². The summed E-state index contributed by atoms with van der Waals surface area (Å²) in [7, 11) is 3.30. The van der Waals surface area contributed by atoms with E-state index >= 15 is 0 Å². The molecule has 1 aliphatic carbocycles. The smallest absolute Gasteiger partial charge is 0.252 e. The summed E-state index contributed by atoms with van der Waals surface area (Å²) in [4.78, 5) is 13.4. The number of hydrogen-bond acceptors (Lipinski definition) is 5. The molecule has 1 amide bonds. The van der Waals surface area contributed by atoms with Crippen molar-refractivity contribution >= 4 is 40.2 Å². The summed E-state index contributed by atoms with van der Waals surface area (Å²) >= 11 is 11.8. The SMILES string of the molecule is COC1=C(c2c(Cl)cnn2C)CC(=S)C(C(=O)N[C@H](CN)Cc2ccc(F)cc2)=C1. The third-order valence-electron chi connectivity index (χ3n) is 4.87. The second-order valence-corrected chi connectivity index (χ2v) is 7.81. The van der Waals surface area contributed by atoms with Crippen LogP contribution in [0, 0.1) is 5.82 Å². The minimum atomic E-state index is -0.331. The van der Waals surface area contributed by atoms with E-state index in [1.54, 1.807) is 36.1 Å². The second-order valence-electron chi connectivity index (χ2n) is 6.91. The molecule has 0 bridgehead atoms. The molecule has 1 aromatic heterocycles. The second kappa shape index (κ2) is 9.51. The lowest BCUT2D eigenvalue weighted by Crippen LogP contribution is -2.43. The van der Waals surface area contributed by atoms with Gasteiger partial charge in [0.15, 0.2) is 0 Å². The zero-order valence-corrected chi connectivity index (χ0v) is 18.2. The first kappa shape index (κ1) is 22.1. The normalized spacial score (nSPS) is 15.1. The maximum atomic E-state index is 13.1. The summed E-state index contributed by atoms with van der Waals surface area (Å²) in [6.45, 7) is 0.228. The molecule has 6 nitrogen and oxygen atoms in total. The number of nitrogens with two attached hydrogens (primary N) is 1. The van der Waals surface area contributed by atoms with Crippen LogP contribution < -0.4 is 11.1 Å².